The first kappa shape index (κ1) is 21.7. The molecular weight excluding hydrogens is 422 g/mol. The number of hydrogen-bond acceptors (Lipinski definition) is 6. The number of carbonyl (C=O) groups is 3. The maximum Gasteiger partial charge on any atom is 0.434 e. The molecule has 30 heavy (non-hydrogen) atoms. The van der Waals surface area contributed by atoms with Crippen molar-refractivity contribution in [2.45, 2.75) is 31.6 Å². The third-order valence-electron chi connectivity index (χ3n) is 4.32. The number of nitrogens with zero attached hydrogens (tertiary/aromatic N) is 2. The normalized spacial score (nSPS) is 16.2. The summed E-state index contributed by atoms with van der Waals surface area (Å²) in [5, 5.41) is -0.110. The Morgan fingerprint density at radius 3 is 2.23 bits per heavy atom. The lowest BCUT2D eigenvalue weighted by molar-refractivity contribution is -0.154. The summed E-state index contributed by atoms with van der Waals surface area (Å²) in [6.07, 6.45) is -9.83. The van der Waals surface area contributed by atoms with Crippen LogP contribution in [-0.2, 0) is 15.8 Å². The number of alkyl halides is 6. The van der Waals surface area contributed by atoms with Crippen molar-refractivity contribution >= 4 is 28.4 Å². The van der Waals surface area contributed by atoms with Crippen LogP contribution >= 0.6 is 0 Å². The fourth-order valence-corrected chi connectivity index (χ4v) is 3.03. The van der Waals surface area contributed by atoms with Crippen molar-refractivity contribution < 1.29 is 45.5 Å². The minimum absolute atomic E-state index is 0.105. The van der Waals surface area contributed by atoms with Gasteiger partial charge in [0.05, 0.1) is 5.56 Å². The molecule has 0 N–H and O–H groups in total. The molecule has 2 aromatic rings. The number of ketones is 3. The lowest BCUT2D eigenvalue weighted by Crippen LogP contribution is -2.36. The highest BCUT2D eigenvalue weighted by Crippen LogP contribution is 2.35. The highest BCUT2D eigenvalue weighted by Gasteiger charge is 2.43. The zero-order chi connectivity index (χ0) is 22.3. The van der Waals surface area contributed by atoms with Crippen molar-refractivity contribution in [2.75, 3.05) is 6.61 Å². The summed E-state index contributed by atoms with van der Waals surface area (Å²) in [5.41, 5.74) is -3.28. The minimum atomic E-state index is -5.15. The van der Waals surface area contributed by atoms with Crippen LogP contribution in [0.4, 0.5) is 26.3 Å². The standard InChI is InChI=1S/C18H12F6N2O4/c19-17(20,21)7-30-12-5-4-8-6-9(15(18(22,23)24)26-16(8)25-12)14(29)13-10(27)2-1-3-11(13)28/h4-6,13H,1-3,7H2. The summed E-state index contributed by atoms with van der Waals surface area (Å²) in [6, 6.07) is 2.81. The molecule has 0 atom stereocenters. The number of pyridine rings is 2. The molecule has 1 aliphatic rings. The number of rotatable bonds is 4. The predicted octanol–water partition coefficient (Wildman–Crippen LogP) is 3.71. The van der Waals surface area contributed by atoms with Crippen molar-refractivity contribution in [3.05, 3.63) is 29.5 Å². The SMILES string of the molecule is O=C1CCCC(=O)C1C(=O)c1cc2ccc(OCC(F)(F)F)nc2nc1C(F)(F)F. The van der Waals surface area contributed by atoms with E-state index in [1.54, 1.807) is 0 Å². The second-order valence-electron chi connectivity index (χ2n) is 6.57. The Labute approximate surface area is 164 Å². The molecule has 0 saturated heterocycles. The second-order valence-corrected chi connectivity index (χ2v) is 6.57. The first-order chi connectivity index (χ1) is 13.9. The van der Waals surface area contributed by atoms with Gasteiger partial charge in [-0.05, 0) is 18.6 Å². The average molecular weight is 434 g/mol. The Hall–Kier alpha value is -3.05. The van der Waals surface area contributed by atoms with E-state index in [4.69, 9.17) is 0 Å². The van der Waals surface area contributed by atoms with Crippen LogP contribution in [0, 0.1) is 5.92 Å². The predicted molar refractivity (Wildman–Crippen MR) is 87.8 cm³/mol. The number of aromatic nitrogens is 2. The van der Waals surface area contributed by atoms with Crippen LogP contribution in [0.5, 0.6) is 5.88 Å². The summed E-state index contributed by atoms with van der Waals surface area (Å²) in [6.45, 7) is -1.71. The molecule has 1 saturated carbocycles. The lowest BCUT2D eigenvalue weighted by atomic mass is 9.81. The molecule has 12 heteroatoms. The number of ether oxygens (including phenoxy) is 1. The van der Waals surface area contributed by atoms with Gasteiger partial charge in [-0.3, -0.25) is 14.4 Å². The van der Waals surface area contributed by atoms with Crippen LogP contribution in [0.1, 0.15) is 35.3 Å². The fraction of sp³-hybridized carbons (Fsp3) is 0.389. The van der Waals surface area contributed by atoms with Crippen molar-refractivity contribution in [1.29, 1.82) is 0 Å². The third kappa shape index (κ3) is 4.57. The van der Waals surface area contributed by atoms with Crippen LogP contribution in [0.2, 0.25) is 0 Å². The maximum atomic E-state index is 13.5. The smallest absolute Gasteiger partial charge is 0.434 e. The molecule has 3 rings (SSSR count). The average Bonchev–Trinajstić information content (AvgIpc) is 2.63. The van der Waals surface area contributed by atoms with Gasteiger partial charge in [-0.25, -0.2) is 4.98 Å². The summed E-state index contributed by atoms with van der Waals surface area (Å²) in [5.74, 6) is -5.29. The molecule has 2 aromatic heterocycles. The van der Waals surface area contributed by atoms with E-state index >= 15 is 0 Å². The second kappa shape index (κ2) is 7.65. The lowest BCUT2D eigenvalue weighted by Gasteiger charge is -2.20. The first-order valence-corrected chi connectivity index (χ1v) is 8.55. The molecule has 2 heterocycles. The topological polar surface area (TPSA) is 86.2 Å². The van der Waals surface area contributed by atoms with Gasteiger partial charge in [0.15, 0.2) is 35.3 Å². The van der Waals surface area contributed by atoms with Gasteiger partial charge in [-0.2, -0.15) is 31.3 Å². The van der Waals surface area contributed by atoms with E-state index in [9.17, 15) is 40.7 Å². The number of fused-ring (bicyclic) bond motifs is 1. The van der Waals surface area contributed by atoms with Gasteiger partial charge in [0.1, 0.15) is 5.92 Å². The summed E-state index contributed by atoms with van der Waals surface area (Å²) in [7, 11) is 0. The molecule has 0 radical (unpaired) electrons. The Bertz CT molecular complexity index is 1020. The Kier molecular flexibility index (Phi) is 5.52. The van der Waals surface area contributed by atoms with Gasteiger partial charge in [0, 0.05) is 24.3 Å². The Morgan fingerprint density at radius 2 is 1.67 bits per heavy atom. The molecule has 0 bridgehead atoms. The van der Waals surface area contributed by atoms with Crippen molar-refractivity contribution in [3.8, 4) is 5.88 Å². The number of carbonyl (C=O) groups excluding carboxylic acids is 3. The van der Waals surface area contributed by atoms with E-state index in [0.717, 1.165) is 18.2 Å². The highest BCUT2D eigenvalue weighted by atomic mass is 19.4. The van der Waals surface area contributed by atoms with Crippen LogP contribution in [0.15, 0.2) is 18.2 Å². The monoisotopic (exact) mass is 434 g/mol. The Balaban J connectivity index is 2.06. The van der Waals surface area contributed by atoms with E-state index in [-0.39, 0.29) is 24.6 Å². The zero-order valence-electron chi connectivity index (χ0n) is 14.9. The van der Waals surface area contributed by atoms with Gasteiger partial charge in [0.25, 0.3) is 0 Å². The van der Waals surface area contributed by atoms with Crippen LogP contribution in [0.25, 0.3) is 11.0 Å². The largest absolute Gasteiger partial charge is 0.468 e. The molecule has 1 fully saturated rings. The first-order valence-electron chi connectivity index (χ1n) is 8.55. The van der Waals surface area contributed by atoms with Gasteiger partial charge < -0.3 is 4.74 Å². The molecule has 0 spiro atoms. The van der Waals surface area contributed by atoms with E-state index < -0.39 is 65.0 Å². The molecule has 0 aromatic carbocycles. The maximum absolute atomic E-state index is 13.5. The summed E-state index contributed by atoms with van der Waals surface area (Å²) < 4.78 is 81.7. The van der Waals surface area contributed by atoms with E-state index in [1.807, 2.05) is 0 Å². The fourth-order valence-electron chi connectivity index (χ4n) is 3.03. The van der Waals surface area contributed by atoms with Crippen molar-refractivity contribution in [1.82, 2.24) is 9.97 Å². The summed E-state index contributed by atoms with van der Waals surface area (Å²) >= 11 is 0. The molecule has 6 nitrogen and oxygen atoms in total. The number of halogens is 6. The van der Waals surface area contributed by atoms with Gasteiger partial charge in [-0.15, -0.1) is 0 Å². The minimum Gasteiger partial charge on any atom is -0.468 e. The number of Topliss-reactive ketones (excluding diaryl/α,β-unsaturated/α-hetero) is 3. The molecule has 0 unspecified atom stereocenters. The van der Waals surface area contributed by atoms with Crippen LogP contribution in [0.3, 0.4) is 0 Å². The molecule has 160 valence electrons. The van der Waals surface area contributed by atoms with Crippen molar-refractivity contribution in [2.24, 2.45) is 5.92 Å². The van der Waals surface area contributed by atoms with Crippen LogP contribution in [-0.4, -0.2) is 40.1 Å². The molecule has 1 aliphatic carbocycles. The third-order valence-corrected chi connectivity index (χ3v) is 4.32. The van der Waals surface area contributed by atoms with Crippen molar-refractivity contribution in [3.63, 3.8) is 0 Å². The molecule has 0 amide bonds. The van der Waals surface area contributed by atoms with E-state index in [1.165, 1.54) is 0 Å². The van der Waals surface area contributed by atoms with Crippen LogP contribution < -0.4 is 4.74 Å². The Morgan fingerprint density at radius 1 is 1.03 bits per heavy atom. The quantitative estimate of drug-likeness (QED) is 0.414. The van der Waals surface area contributed by atoms with E-state index in [2.05, 4.69) is 14.7 Å². The molecule has 0 aliphatic heterocycles. The summed E-state index contributed by atoms with van der Waals surface area (Å²) in [4.78, 5) is 43.4. The molecular formula is C18H12F6N2O4. The van der Waals surface area contributed by atoms with Gasteiger partial charge in [-0.1, -0.05) is 0 Å². The number of hydrogen-bond donors (Lipinski definition) is 0. The highest BCUT2D eigenvalue weighted by molar-refractivity contribution is 6.25. The zero-order valence-corrected chi connectivity index (χ0v) is 14.9. The van der Waals surface area contributed by atoms with Gasteiger partial charge >= 0.3 is 12.4 Å². The van der Waals surface area contributed by atoms with Gasteiger partial charge in [0.2, 0.25) is 5.88 Å². The van der Waals surface area contributed by atoms with E-state index in [0.29, 0.717) is 0 Å².